The maximum atomic E-state index is 10.6. The zero-order valence-corrected chi connectivity index (χ0v) is 7.87. The van der Waals surface area contributed by atoms with Crippen LogP contribution in [0, 0.1) is 0 Å². The van der Waals surface area contributed by atoms with Gasteiger partial charge in [-0.25, -0.2) is 0 Å². The number of nitrogens with zero attached hydrogens (tertiary/aromatic N) is 3. The summed E-state index contributed by atoms with van der Waals surface area (Å²) in [4.78, 5) is 10.6. The van der Waals surface area contributed by atoms with Gasteiger partial charge in [0, 0.05) is 5.56 Å². The van der Waals surface area contributed by atoms with Crippen LogP contribution in [0.25, 0.3) is 11.4 Å². The third kappa shape index (κ3) is 2.01. The van der Waals surface area contributed by atoms with Gasteiger partial charge in [0.2, 0.25) is 0 Å². The Kier molecular flexibility index (Phi) is 2.45. The van der Waals surface area contributed by atoms with Crippen molar-refractivity contribution in [1.82, 2.24) is 14.8 Å². The number of rotatable bonds is 3. The normalized spacial score (nSPS) is 10.1. The average Bonchev–Trinajstić information content (AvgIpc) is 2.66. The van der Waals surface area contributed by atoms with E-state index in [2.05, 4.69) is 10.2 Å². The summed E-state index contributed by atoms with van der Waals surface area (Å²) in [6.07, 6.45) is 1.41. The van der Waals surface area contributed by atoms with Crippen LogP contribution in [-0.4, -0.2) is 25.8 Å². The summed E-state index contributed by atoms with van der Waals surface area (Å²) in [5.41, 5.74) is 0.858. The second-order valence-corrected chi connectivity index (χ2v) is 3.04. The molecular weight excluding hydrogens is 194 g/mol. The van der Waals surface area contributed by atoms with E-state index in [-0.39, 0.29) is 6.54 Å². The molecule has 1 heterocycles. The van der Waals surface area contributed by atoms with Crippen LogP contribution in [0.1, 0.15) is 0 Å². The fraction of sp³-hybridized carbons (Fsp3) is 0.100. The Labute approximate surface area is 86.0 Å². The van der Waals surface area contributed by atoms with E-state index in [1.54, 1.807) is 0 Å². The molecule has 1 N–H and O–H groups in total. The van der Waals surface area contributed by atoms with Crippen LogP contribution in [0.15, 0.2) is 36.7 Å². The number of benzene rings is 1. The van der Waals surface area contributed by atoms with Crippen LogP contribution >= 0.6 is 0 Å². The third-order valence-corrected chi connectivity index (χ3v) is 1.95. The zero-order valence-electron chi connectivity index (χ0n) is 7.87. The number of aromatic nitrogens is 3. The van der Waals surface area contributed by atoms with Gasteiger partial charge in [-0.15, -0.1) is 10.2 Å². The third-order valence-electron chi connectivity index (χ3n) is 1.95. The minimum absolute atomic E-state index is 0.128. The van der Waals surface area contributed by atoms with Crippen LogP contribution in [0.2, 0.25) is 0 Å². The molecule has 1 aromatic carbocycles. The highest BCUT2D eigenvalue weighted by atomic mass is 16.4. The Morgan fingerprint density at radius 1 is 1.33 bits per heavy atom. The highest BCUT2D eigenvalue weighted by molar-refractivity contribution is 5.68. The quantitative estimate of drug-likeness (QED) is 0.808. The number of carboxylic acids is 1. The van der Waals surface area contributed by atoms with Gasteiger partial charge in [0.05, 0.1) is 0 Å². The fourth-order valence-electron chi connectivity index (χ4n) is 1.33. The molecule has 0 aliphatic carbocycles. The van der Waals surface area contributed by atoms with Gasteiger partial charge in [-0.05, 0) is 0 Å². The molecule has 0 unspecified atom stereocenters. The van der Waals surface area contributed by atoms with E-state index in [4.69, 9.17) is 5.11 Å². The van der Waals surface area contributed by atoms with Gasteiger partial charge in [-0.3, -0.25) is 4.79 Å². The van der Waals surface area contributed by atoms with Crippen molar-refractivity contribution in [2.45, 2.75) is 6.54 Å². The molecule has 0 saturated heterocycles. The predicted molar refractivity (Wildman–Crippen MR) is 53.1 cm³/mol. The minimum atomic E-state index is -0.910. The summed E-state index contributed by atoms with van der Waals surface area (Å²) >= 11 is 0. The molecule has 0 amide bonds. The molecule has 0 spiro atoms. The van der Waals surface area contributed by atoms with Gasteiger partial charge in [0.25, 0.3) is 0 Å². The summed E-state index contributed by atoms with van der Waals surface area (Å²) in [5, 5.41) is 16.3. The fourth-order valence-corrected chi connectivity index (χ4v) is 1.33. The van der Waals surface area contributed by atoms with Crippen molar-refractivity contribution >= 4 is 5.97 Å². The first-order valence-electron chi connectivity index (χ1n) is 4.42. The molecule has 76 valence electrons. The van der Waals surface area contributed by atoms with Crippen molar-refractivity contribution in [3.05, 3.63) is 36.7 Å². The van der Waals surface area contributed by atoms with E-state index < -0.39 is 5.97 Å². The van der Waals surface area contributed by atoms with Crippen LogP contribution in [0.3, 0.4) is 0 Å². The highest BCUT2D eigenvalue weighted by Gasteiger charge is 2.08. The number of hydrogen-bond acceptors (Lipinski definition) is 3. The van der Waals surface area contributed by atoms with Crippen LogP contribution < -0.4 is 0 Å². The van der Waals surface area contributed by atoms with Crippen molar-refractivity contribution in [2.24, 2.45) is 0 Å². The van der Waals surface area contributed by atoms with E-state index >= 15 is 0 Å². The molecule has 0 aliphatic rings. The largest absolute Gasteiger partial charge is 0.480 e. The second-order valence-electron chi connectivity index (χ2n) is 3.04. The van der Waals surface area contributed by atoms with Gasteiger partial charge in [0.1, 0.15) is 12.9 Å². The molecular formula is C10H9N3O2. The lowest BCUT2D eigenvalue weighted by molar-refractivity contribution is -0.137. The molecule has 2 aromatic rings. The Hall–Kier alpha value is -2.17. The van der Waals surface area contributed by atoms with E-state index in [1.807, 2.05) is 30.3 Å². The van der Waals surface area contributed by atoms with Crippen molar-refractivity contribution in [1.29, 1.82) is 0 Å². The van der Waals surface area contributed by atoms with Crippen LogP contribution in [0.4, 0.5) is 0 Å². The SMILES string of the molecule is O=C(O)Cn1cnnc1-c1ccccc1. The molecule has 0 atom stereocenters. The van der Waals surface area contributed by atoms with Crippen molar-refractivity contribution < 1.29 is 9.90 Å². The standard InChI is InChI=1S/C10H9N3O2/c14-9(15)6-13-7-11-12-10(13)8-4-2-1-3-5-8/h1-5,7H,6H2,(H,14,15). The Morgan fingerprint density at radius 2 is 2.07 bits per heavy atom. The number of hydrogen-bond donors (Lipinski definition) is 1. The summed E-state index contributed by atoms with van der Waals surface area (Å²) in [6, 6.07) is 9.36. The van der Waals surface area contributed by atoms with Crippen LogP contribution in [0.5, 0.6) is 0 Å². The summed E-state index contributed by atoms with van der Waals surface area (Å²) in [7, 11) is 0. The van der Waals surface area contributed by atoms with E-state index in [1.165, 1.54) is 10.9 Å². The zero-order chi connectivity index (χ0) is 10.7. The smallest absolute Gasteiger partial charge is 0.323 e. The first-order valence-corrected chi connectivity index (χ1v) is 4.42. The number of carboxylic acid groups (broad SMARTS) is 1. The van der Waals surface area contributed by atoms with Gasteiger partial charge < -0.3 is 9.67 Å². The first-order chi connectivity index (χ1) is 7.27. The molecule has 0 aliphatic heterocycles. The maximum Gasteiger partial charge on any atom is 0.323 e. The summed E-state index contributed by atoms with van der Waals surface area (Å²) < 4.78 is 1.50. The summed E-state index contributed by atoms with van der Waals surface area (Å²) in [5.74, 6) is -0.343. The predicted octanol–water partition coefficient (Wildman–Crippen LogP) is 1.03. The van der Waals surface area contributed by atoms with Crippen molar-refractivity contribution in [3.8, 4) is 11.4 Å². The molecule has 0 bridgehead atoms. The average molecular weight is 203 g/mol. The molecule has 15 heavy (non-hydrogen) atoms. The molecule has 5 heteroatoms. The van der Waals surface area contributed by atoms with Crippen LogP contribution in [-0.2, 0) is 11.3 Å². The molecule has 0 radical (unpaired) electrons. The summed E-state index contributed by atoms with van der Waals surface area (Å²) in [6.45, 7) is -0.128. The minimum Gasteiger partial charge on any atom is -0.480 e. The lowest BCUT2D eigenvalue weighted by Crippen LogP contribution is -2.09. The molecule has 0 fully saturated rings. The second kappa shape index (κ2) is 3.91. The lowest BCUT2D eigenvalue weighted by atomic mass is 10.2. The monoisotopic (exact) mass is 203 g/mol. The number of aliphatic carboxylic acids is 1. The first kappa shape index (κ1) is 9.39. The molecule has 1 aromatic heterocycles. The van der Waals surface area contributed by atoms with Gasteiger partial charge >= 0.3 is 5.97 Å². The Bertz CT molecular complexity index is 465. The Morgan fingerprint density at radius 3 is 2.73 bits per heavy atom. The molecule has 2 rings (SSSR count). The topological polar surface area (TPSA) is 68.0 Å². The highest BCUT2D eigenvalue weighted by Crippen LogP contribution is 2.15. The molecule has 5 nitrogen and oxygen atoms in total. The van der Waals surface area contributed by atoms with Crippen molar-refractivity contribution in [2.75, 3.05) is 0 Å². The Balaban J connectivity index is 2.37. The maximum absolute atomic E-state index is 10.6. The van der Waals surface area contributed by atoms with E-state index in [9.17, 15) is 4.79 Å². The lowest BCUT2D eigenvalue weighted by Gasteiger charge is -2.02. The van der Waals surface area contributed by atoms with Gasteiger partial charge in [0.15, 0.2) is 5.82 Å². The van der Waals surface area contributed by atoms with Gasteiger partial charge in [-0.2, -0.15) is 0 Å². The van der Waals surface area contributed by atoms with E-state index in [0.717, 1.165) is 5.56 Å². The number of carbonyl (C=O) groups is 1. The van der Waals surface area contributed by atoms with E-state index in [0.29, 0.717) is 5.82 Å². The molecule has 0 saturated carbocycles. The van der Waals surface area contributed by atoms with Crippen molar-refractivity contribution in [3.63, 3.8) is 0 Å². The van der Waals surface area contributed by atoms with Gasteiger partial charge in [-0.1, -0.05) is 30.3 Å².